The van der Waals surface area contributed by atoms with Gasteiger partial charge in [0.25, 0.3) is 0 Å². The summed E-state index contributed by atoms with van der Waals surface area (Å²) in [5.41, 5.74) is 2.60. The molecule has 1 saturated heterocycles. The van der Waals surface area contributed by atoms with Crippen LogP contribution in [0.25, 0.3) is 0 Å². The minimum atomic E-state index is 0.624. The fraction of sp³-hybridized carbons (Fsp3) is 0.400. The first-order valence-electron chi connectivity index (χ1n) is 8.54. The average molecular weight is 310 g/mol. The van der Waals surface area contributed by atoms with Crippen LogP contribution in [-0.4, -0.2) is 42.5 Å². The molecule has 2 aromatic carbocycles. The Bertz CT molecular complexity index is 574. The first-order valence-corrected chi connectivity index (χ1v) is 8.54. The van der Waals surface area contributed by atoms with Gasteiger partial charge >= 0.3 is 0 Å². The highest BCUT2D eigenvalue weighted by Gasteiger charge is 2.15. The van der Waals surface area contributed by atoms with E-state index in [0.717, 1.165) is 12.3 Å². The Hall–Kier alpha value is -1.84. The zero-order valence-corrected chi connectivity index (χ0v) is 13.9. The van der Waals surface area contributed by atoms with Crippen molar-refractivity contribution in [1.29, 1.82) is 0 Å². The summed E-state index contributed by atoms with van der Waals surface area (Å²) in [5.74, 6) is 0.922. The zero-order chi connectivity index (χ0) is 15.9. The van der Waals surface area contributed by atoms with Gasteiger partial charge in [-0.25, -0.2) is 0 Å². The molecule has 1 fully saturated rings. The maximum atomic E-state index is 5.79. The predicted molar refractivity (Wildman–Crippen MR) is 94.6 cm³/mol. The Balaban J connectivity index is 1.47. The van der Waals surface area contributed by atoms with Crippen LogP contribution in [0.2, 0.25) is 0 Å². The van der Waals surface area contributed by atoms with Gasteiger partial charge in [-0.2, -0.15) is 0 Å². The second-order valence-corrected chi connectivity index (χ2v) is 6.13. The quantitative estimate of drug-likeness (QED) is 0.813. The smallest absolute Gasteiger partial charge is 0.119 e. The van der Waals surface area contributed by atoms with Gasteiger partial charge in [0.15, 0.2) is 0 Å². The molecule has 0 spiro atoms. The lowest BCUT2D eigenvalue weighted by Crippen LogP contribution is -2.45. The van der Waals surface area contributed by atoms with Gasteiger partial charge < -0.3 is 9.64 Å². The molecule has 0 unspecified atom stereocenters. The molecule has 122 valence electrons. The van der Waals surface area contributed by atoms with Crippen LogP contribution >= 0.6 is 0 Å². The van der Waals surface area contributed by atoms with Crippen molar-refractivity contribution in [2.24, 2.45) is 0 Å². The summed E-state index contributed by atoms with van der Waals surface area (Å²) in [7, 11) is 0. The van der Waals surface area contributed by atoms with Crippen molar-refractivity contribution < 1.29 is 4.74 Å². The van der Waals surface area contributed by atoms with E-state index >= 15 is 0 Å². The highest BCUT2D eigenvalue weighted by Crippen LogP contribution is 2.14. The largest absolute Gasteiger partial charge is 0.489 e. The fourth-order valence-electron chi connectivity index (χ4n) is 2.95. The lowest BCUT2D eigenvalue weighted by Gasteiger charge is -2.34. The van der Waals surface area contributed by atoms with Crippen LogP contribution in [-0.2, 0) is 13.2 Å². The minimum Gasteiger partial charge on any atom is -0.489 e. The highest BCUT2D eigenvalue weighted by atomic mass is 16.5. The Morgan fingerprint density at radius 1 is 0.783 bits per heavy atom. The molecule has 3 heteroatoms. The van der Waals surface area contributed by atoms with Crippen molar-refractivity contribution in [2.45, 2.75) is 20.1 Å². The number of rotatable bonds is 6. The van der Waals surface area contributed by atoms with Crippen LogP contribution < -0.4 is 4.74 Å². The Morgan fingerprint density at radius 3 is 2.04 bits per heavy atom. The summed E-state index contributed by atoms with van der Waals surface area (Å²) in [5, 5.41) is 0. The molecule has 23 heavy (non-hydrogen) atoms. The number of hydrogen-bond acceptors (Lipinski definition) is 3. The molecule has 0 bridgehead atoms. The van der Waals surface area contributed by atoms with Crippen molar-refractivity contribution >= 4 is 0 Å². The summed E-state index contributed by atoms with van der Waals surface area (Å²) in [6, 6.07) is 18.8. The molecule has 0 radical (unpaired) electrons. The first kappa shape index (κ1) is 16.0. The van der Waals surface area contributed by atoms with Gasteiger partial charge in [-0.05, 0) is 29.8 Å². The summed E-state index contributed by atoms with van der Waals surface area (Å²) in [6.07, 6.45) is 0. The van der Waals surface area contributed by atoms with Crippen LogP contribution in [0.15, 0.2) is 54.6 Å². The van der Waals surface area contributed by atoms with E-state index in [2.05, 4.69) is 41.0 Å². The van der Waals surface area contributed by atoms with Gasteiger partial charge in [0.2, 0.25) is 0 Å². The monoisotopic (exact) mass is 310 g/mol. The SMILES string of the molecule is CCN1CCN(Cc2ccc(COc3ccccc3)cc2)CC1. The van der Waals surface area contributed by atoms with E-state index in [1.54, 1.807) is 0 Å². The molecule has 0 amide bonds. The lowest BCUT2D eigenvalue weighted by atomic mass is 10.1. The van der Waals surface area contributed by atoms with Crippen molar-refractivity contribution in [3.05, 3.63) is 65.7 Å². The van der Waals surface area contributed by atoms with Crippen molar-refractivity contribution in [2.75, 3.05) is 32.7 Å². The second kappa shape index (κ2) is 8.14. The standard InChI is InChI=1S/C20H26N2O/c1-2-21-12-14-22(15-13-21)16-18-8-10-19(11-9-18)17-23-20-6-4-3-5-7-20/h3-11H,2,12-17H2,1H3. The summed E-state index contributed by atoms with van der Waals surface area (Å²) in [4.78, 5) is 5.06. The summed E-state index contributed by atoms with van der Waals surface area (Å²) < 4.78 is 5.79. The van der Waals surface area contributed by atoms with Crippen LogP contribution in [0.1, 0.15) is 18.1 Å². The molecule has 0 atom stereocenters. The summed E-state index contributed by atoms with van der Waals surface area (Å²) >= 11 is 0. The van der Waals surface area contributed by atoms with Crippen LogP contribution in [0, 0.1) is 0 Å². The van der Waals surface area contributed by atoms with Crippen LogP contribution in [0.3, 0.4) is 0 Å². The molecule has 0 aliphatic carbocycles. The number of ether oxygens (including phenoxy) is 1. The van der Waals surface area contributed by atoms with Gasteiger partial charge in [-0.15, -0.1) is 0 Å². The fourth-order valence-corrected chi connectivity index (χ4v) is 2.95. The molecule has 1 aliphatic heterocycles. The van der Waals surface area contributed by atoms with E-state index in [0.29, 0.717) is 6.61 Å². The Morgan fingerprint density at radius 2 is 1.39 bits per heavy atom. The summed E-state index contributed by atoms with van der Waals surface area (Å²) in [6.45, 7) is 9.82. The molecule has 2 aromatic rings. The number of para-hydroxylation sites is 1. The maximum absolute atomic E-state index is 5.79. The number of benzene rings is 2. The maximum Gasteiger partial charge on any atom is 0.119 e. The van der Waals surface area contributed by atoms with Crippen LogP contribution in [0.5, 0.6) is 5.75 Å². The molecule has 1 heterocycles. The third-order valence-electron chi connectivity index (χ3n) is 4.49. The average Bonchev–Trinajstić information content (AvgIpc) is 2.63. The molecule has 0 aromatic heterocycles. The van der Waals surface area contributed by atoms with E-state index in [-0.39, 0.29) is 0 Å². The van der Waals surface area contributed by atoms with Crippen molar-refractivity contribution in [3.63, 3.8) is 0 Å². The van der Waals surface area contributed by atoms with Gasteiger partial charge in [-0.3, -0.25) is 4.90 Å². The van der Waals surface area contributed by atoms with E-state index < -0.39 is 0 Å². The van der Waals surface area contributed by atoms with E-state index in [1.165, 1.54) is 43.9 Å². The normalized spacial score (nSPS) is 16.4. The van der Waals surface area contributed by atoms with Crippen molar-refractivity contribution in [3.8, 4) is 5.75 Å². The molecule has 3 nitrogen and oxygen atoms in total. The molecular formula is C20H26N2O. The Labute approximate surface area is 139 Å². The molecule has 3 rings (SSSR count). The molecule has 0 saturated carbocycles. The third kappa shape index (κ3) is 4.81. The van der Waals surface area contributed by atoms with Crippen LogP contribution in [0.4, 0.5) is 0 Å². The topological polar surface area (TPSA) is 15.7 Å². The number of nitrogens with zero attached hydrogens (tertiary/aromatic N) is 2. The number of hydrogen-bond donors (Lipinski definition) is 0. The molecule has 0 N–H and O–H groups in total. The predicted octanol–water partition coefficient (Wildman–Crippen LogP) is 3.40. The zero-order valence-electron chi connectivity index (χ0n) is 13.9. The van der Waals surface area contributed by atoms with Gasteiger partial charge in [0, 0.05) is 32.7 Å². The van der Waals surface area contributed by atoms with Gasteiger partial charge in [-0.1, -0.05) is 49.4 Å². The minimum absolute atomic E-state index is 0.624. The van der Waals surface area contributed by atoms with Crippen molar-refractivity contribution in [1.82, 2.24) is 9.80 Å². The van der Waals surface area contributed by atoms with E-state index in [1.807, 2.05) is 30.3 Å². The molecular weight excluding hydrogens is 284 g/mol. The first-order chi connectivity index (χ1) is 11.3. The molecule has 1 aliphatic rings. The van der Waals surface area contributed by atoms with Gasteiger partial charge in [0.05, 0.1) is 0 Å². The van der Waals surface area contributed by atoms with E-state index in [4.69, 9.17) is 4.74 Å². The number of likely N-dealkylation sites (N-methyl/N-ethyl adjacent to an activating group) is 1. The second-order valence-electron chi connectivity index (χ2n) is 6.13. The number of piperazine rings is 1. The third-order valence-corrected chi connectivity index (χ3v) is 4.49. The Kier molecular flexibility index (Phi) is 5.67. The highest BCUT2D eigenvalue weighted by molar-refractivity contribution is 5.24. The van der Waals surface area contributed by atoms with Gasteiger partial charge in [0.1, 0.15) is 12.4 Å². The lowest BCUT2D eigenvalue weighted by molar-refractivity contribution is 0.132. The van der Waals surface area contributed by atoms with E-state index in [9.17, 15) is 0 Å².